The number of nitrogens with one attached hydrogen (secondary N) is 1. The highest BCUT2D eigenvalue weighted by molar-refractivity contribution is 9.10. The topological polar surface area (TPSA) is 113 Å². The van der Waals surface area contributed by atoms with Gasteiger partial charge in [0.05, 0.1) is 6.10 Å². The Bertz CT molecular complexity index is 652. The molecule has 1 fully saturated rings. The molecule has 1 heterocycles. The summed E-state index contributed by atoms with van der Waals surface area (Å²) in [5.41, 5.74) is 6.23. The zero-order valence-corrected chi connectivity index (χ0v) is 14.8. The predicted octanol–water partition coefficient (Wildman–Crippen LogP) is -0.0566. The van der Waals surface area contributed by atoms with E-state index in [4.69, 9.17) is 5.73 Å². The molecule has 8 heteroatoms. The van der Waals surface area contributed by atoms with Crippen molar-refractivity contribution >= 4 is 33.7 Å². The fourth-order valence-electron chi connectivity index (χ4n) is 2.80. The summed E-state index contributed by atoms with van der Waals surface area (Å²) in [6.45, 7) is 1.45. The van der Waals surface area contributed by atoms with Gasteiger partial charge in [0.2, 0.25) is 17.7 Å². The van der Waals surface area contributed by atoms with Gasteiger partial charge in [0.25, 0.3) is 0 Å². The molecule has 3 atom stereocenters. The molecule has 1 aliphatic rings. The van der Waals surface area contributed by atoms with Gasteiger partial charge in [0.1, 0.15) is 12.1 Å². The number of aliphatic hydroxyl groups excluding tert-OH is 1. The number of benzene rings is 1. The van der Waals surface area contributed by atoms with Crippen molar-refractivity contribution in [3.05, 3.63) is 34.3 Å². The Balaban J connectivity index is 2.08. The van der Waals surface area contributed by atoms with Crippen LogP contribution in [0.15, 0.2) is 28.7 Å². The molecule has 0 radical (unpaired) electrons. The summed E-state index contributed by atoms with van der Waals surface area (Å²) in [5, 5.41) is 12.3. The molecular formula is C16H20BrN3O4. The zero-order chi connectivity index (χ0) is 17.9. The van der Waals surface area contributed by atoms with E-state index in [9.17, 15) is 19.5 Å². The van der Waals surface area contributed by atoms with Gasteiger partial charge in [-0.15, -0.1) is 0 Å². The minimum Gasteiger partial charge on any atom is -0.391 e. The summed E-state index contributed by atoms with van der Waals surface area (Å²) in [4.78, 5) is 37.0. The lowest BCUT2D eigenvalue weighted by Crippen LogP contribution is -2.52. The number of amides is 3. The van der Waals surface area contributed by atoms with Crippen molar-refractivity contribution in [2.45, 2.75) is 38.0 Å². The van der Waals surface area contributed by atoms with E-state index in [0.29, 0.717) is 0 Å². The van der Waals surface area contributed by atoms with E-state index in [1.165, 1.54) is 11.8 Å². The molecule has 0 aromatic heterocycles. The summed E-state index contributed by atoms with van der Waals surface area (Å²) >= 11 is 3.35. The third-order valence-electron chi connectivity index (χ3n) is 3.97. The van der Waals surface area contributed by atoms with Gasteiger partial charge < -0.3 is 21.1 Å². The highest BCUT2D eigenvalue weighted by Gasteiger charge is 2.38. The molecule has 130 valence electrons. The summed E-state index contributed by atoms with van der Waals surface area (Å²) in [7, 11) is 0. The van der Waals surface area contributed by atoms with Crippen LogP contribution in [0.25, 0.3) is 0 Å². The highest BCUT2D eigenvalue weighted by atomic mass is 79.9. The molecule has 4 N–H and O–H groups in total. The second-order valence-corrected chi connectivity index (χ2v) is 6.79. The normalized spacial score (nSPS) is 21.4. The van der Waals surface area contributed by atoms with Crippen LogP contribution in [0.3, 0.4) is 0 Å². The number of halogens is 1. The first-order valence-electron chi connectivity index (χ1n) is 7.57. The number of hydrogen-bond acceptors (Lipinski definition) is 4. The van der Waals surface area contributed by atoms with Crippen LogP contribution in [-0.2, 0) is 20.8 Å². The number of nitrogens with zero attached hydrogens (tertiary/aromatic N) is 1. The molecule has 0 saturated carbocycles. The van der Waals surface area contributed by atoms with Crippen molar-refractivity contribution in [3.8, 4) is 0 Å². The maximum Gasteiger partial charge on any atom is 0.243 e. The molecule has 7 nitrogen and oxygen atoms in total. The summed E-state index contributed by atoms with van der Waals surface area (Å²) in [6.07, 6.45) is -0.356. The minimum atomic E-state index is -0.890. The zero-order valence-electron chi connectivity index (χ0n) is 13.2. The Morgan fingerprint density at radius 3 is 2.75 bits per heavy atom. The number of hydrogen-bond donors (Lipinski definition) is 3. The summed E-state index contributed by atoms with van der Waals surface area (Å²) in [6, 6.07) is 5.66. The maximum atomic E-state index is 12.4. The molecule has 0 unspecified atom stereocenters. The third-order valence-corrected chi connectivity index (χ3v) is 4.47. The van der Waals surface area contributed by atoms with E-state index in [1.807, 2.05) is 24.3 Å². The molecular weight excluding hydrogens is 378 g/mol. The van der Waals surface area contributed by atoms with Crippen LogP contribution in [0.5, 0.6) is 0 Å². The van der Waals surface area contributed by atoms with Gasteiger partial charge in [-0.1, -0.05) is 28.1 Å². The molecule has 2 rings (SSSR count). The largest absolute Gasteiger partial charge is 0.391 e. The van der Waals surface area contributed by atoms with Gasteiger partial charge in [-0.25, -0.2) is 0 Å². The van der Waals surface area contributed by atoms with Crippen molar-refractivity contribution in [2.75, 3.05) is 6.54 Å². The smallest absolute Gasteiger partial charge is 0.243 e. The quantitative estimate of drug-likeness (QED) is 0.645. The van der Waals surface area contributed by atoms with Crippen LogP contribution >= 0.6 is 15.9 Å². The monoisotopic (exact) mass is 397 g/mol. The van der Waals surface area contributed by atoms with Gasteiger partial charge in [-0.05, 0) is 17.7 Å². The van der Waals surface area contributed by atoms with Gasteiger partial charge in [-0.3, -0.25) is 14.4 Å². The molecule has 1 aliphatic heterocycles. The second kappa shape index (κ2) is 7.76. The lowest BCUT2D eigenvalue weighted by Gasteiger charge is -2.24. The Kier molecular flexibility index (Phi) is 5.95. The van der Waals surface area contributed by atoms with Crippen molar-refractivity contribution in [1.82, 2.24) is 10.2 Å². The van der Waals surface area contributed by atoms with Crippen molar-refractivity contribution in [3.63, 3.8) is 0 Å². The van der Waals surface area contributed by atoms with Gasteiger partial charge in [0, 0.05) is 30.8 Å². The van der Waals surface area contributed by atoms with E-state index >= 15 is 0 Å². The number of likely N-dealkylation sites (tertiary alicyclic amines) is 1. The van der Waals surface area contributed by atoms with Crippen LogP contribution in [0.2, 0.25) is 0 Å². The SMILES string of the molecule is CC(=O)N1C[C@H](O)C[C@H]1C(=O)N[C@@H](Cc1cccc(Br)c1)C(N)=O. The molecule has 0 aliphatic carbocycles. The predicted molar refractivity (Wildman–Crippen MR) is 90.8 cm³/mol. The first-order valence-corrected chi connectivity index (χ1v) is 8.36. The standard InChI is InChI=1S/C16H20BrN3O4/c1-9(21)20-8-12(22)7-14(20)16(24)19-13(15(18)23)6-10-3-2-4-11(17)5-10/h2-5,12-14,22H,6-8H2,1H3,(H2,18,23)(H,19,24)/t12-,13+,14+/m1/s1. The number of carbonyl (C=O) groups is 3. The van der Waals surface area contributed by atoms with Crippen LogP contribution in [-0.4, -0.2) is 52.5 Å². The molecule has 1 aromatic rings. The van der Waals surface area contributed by atoms with Crippen molar-refractivity contribution < 1.29 is 19.5 Å². The number of nitrogens with two attached hydrogens (primary N) is 1. The van der Waals surface area contributed by atoms with Gasteiger partial charge in [-0.2, -0.15) is 0 Å². The Morgan fingerprint density at radius 1 is 1.46 bits per heavy atom. The maximum absolute atomic E-state index is 12.4. The van der Waals surface area contributed by atoms with E-state index in [-0.39, 0.29) is 25.3 Å². The van der Waals surface area contributed by atoms with Crippen molar-refractivity contribution in [2.24, 2.45) is 5.73 Å². The lowest BCUT2D eigenvalue weighted by molar-refractivity contribution is -0.138. The Hall–Kier alpha value is -1.93. The first kappa shape index (κ1) is 18.4. The number of β-amino-alcohol motifs (C(OH)–C–C–N with tert-alkyl or cyclic N) is 1. The van der Waals surface area contributed by atoms with Crippen LogP contribution in [0.1, 0.15) is 18.9 Å². The average molecular weight is 398 g/mol. The number of primary amides is 1. The van der Waals surface area contributed by atoms with Gasteiger partial charge in [0.15, 0.2) is 0 Å². The molecule has 1 aromatic carbocycles. The number of rotatable bonds is 5. The lowest BCUT2D eigenvalue weighted by atomic mass is 10.0. The molecule has 0 bridgehead atoms. The second-order valence-electron chi connectivity index (χ2n) is 5.87. The Labute approximate surface area is 148 Å². The summed E-state index contributed by atoms with van der Waals surface area (Å²) < 4.78 is 0.858. The van der Waals surface area contributed by atoms with Gasteiger partial charge >= 0.3 is 0 Å². The Morgan fingerprint density at radius 2 is 2.17 bits per heavy atom. The van der Waals surface area contributed by atoms with E-state index < -0.39 is 30.0 Å². The highest BCUT2D eigenvalue weighted by Crippen LogP contribution is 2.19. The van der Waals surface area contributed by atoms with E-state index in [1.54, 1.807) is 0 Å². The van der Waals surface area contributed by atoms with Crippen molar-refractivity contribution in [1.29, 1.82) is 0 Å². The molecule has 1 saturated heterocycles. The molecule has 3 amide bonds. The fourth-order valence-corrected chi connectivity index (χ4v) is 3.25. The van der Waals surface area contributed by atoms with Crippen LogP contribution in [0.4, 0.5) is 0 Å². The van der Waals surface area contributed by atoms with E-state index in [0.717, 1.165) is 10.0 Å². The molecule has 24 heavy (non-hydrogen) atoms. The third kappa shape index (κ3) is 4.55. The van der Waals surface area contributed by atoms with E-state index in [2.05, 4.69) is 21.2 Å². The summed E-state index contributed by atoms with van der Waals surface area (Å²) in [5.74, 6) is -1.44. The van der Waals surface area contributed by atoms with Crippen LogP contribution < -0.4 is 11.1 Å². The number of carbonyl (C=O) groups excluding carboxylic acids is 3. The first-order chi connectivity index (χ1) is 11.3. The average Bonchev–Trinajstić information content (AvgIpc) is 2.89. The minimum absolute atomic E-state index is 0.111. The van der Waals surface area contributed by atoms with Crippen LogP contribution in [0, 0.1) is 0 Å². The number of aliphatic hydroxyl groups is 1. The fraction of sp³-hybridized carbons (Fsp3) is 0.438. The molecule has 0 spiro atoms.